The Morgan fingerprint density at radius 1 is 0.957 bits per heavy atom. The van der Waals surface area contributed by atoms with Gasteiger partial charge in [-0.3, -0.25) is 19.1 Å². The molecule has 0 spiro atoms. The lowest BCUT2D eigenvalue weighted by atomic mass is 10.1. The lowest BCUT2D eigenvalue weighted by molar-refractivity contribution is 0.0932. The van der Waals surface area contributed by atoms with Gasteiger partial charge in [0.1, 0.15) is 5.69 Å². The van der Waals surface area contributed by atoms with Crippen molar-refractivity contribution in [2.45, 2.75) is 24.8 Å². The van der Waals surface area contributed by atoms with Crippen molar-refractivity contribution in [2.75, 3.05) is 33.2 Å². The third kappa shape index (κ3) is 6.06. The molecule has 0 unspecified atom stereocenters. The highest BCUT2D eigenvalue weighted by atomic mass is 35.5. The summed E-state index contributed by atoms with van der Waals surface area (Å²) < 4.78 is 29.8. The molecule has 2 aromatic heterocycles. The second-order valence-corrected chi connectivity index (χ2v) is 13.7. The summed E-state index contributed by atoms with van der Waals surface area (Å²) in [5.41, 5.74) is 2.27. The Morgan fingerprint density at radius 2 is 1.67 bits per heavy atom. The molecule has 1 saturated heterocycles. The van der Waals surface area contributed by atoms with Crippen molar-refractivity contribution in [1.82, 2.24) is 29.1 Å². The fourth-order valence-corrected chi connectivity index (χ4v) is 7.37. The van der Waals surface area contributed by atoms with Gasteiger partial charge < -0.3 is 10.2 Å². The maximum Gasteiger partial charge on any atom is 0.272 e. The number of carbonyl (C=O) groups excluding carboxylic acids is 1. The van der Waals surface area contributed by atoms with Crippen LogP contribution in [0, 0.1) is 6.92 Å². The van der Waals surface area contributed by atoms with Crippen LogP contribution in [0.15, 0.2) is 94.7 Å². The van der Waals surface area contributed by atoms with Crippen molar-refractivity contribution < 1.29 is 13.2 Å². The predicted octanol–water partition coefficient (Wildman–Crippen LogP) is 4.84. The number of halogens is 1. The molecular weight excluding hydrogens is 624 g/mol. The average molecular weight is 657 g/mol. The Bertz CT molecular complexity index is 2110. The zero-order valence-electron chi connectivity index (χ0n) is 25.6. The number of sulfonamides is 1. The van der Waals surface area contributed by atoms with Gasteiger partial charge in [-0.05, 0) is 62.7 Å². The van der Waals surface area contributed by atoms with Gasteiger partial charge in [0.15, 0.2) is 0 Å². The van der Waals surface area contributed by atoms with E-state index in [4.69, 9.17) is 11.6 Å². The number of benzene rings is 3. The molecule has 0 radical (unpaired) electrons. The number of aromatic nitrogens is 3. The van der Waals surface area contributed by atoms with Crippen molar-refractivity contribution in [3.8, 4) is 16.9 Å². The fraction of sp³-hybridized carbons (Fsp3) is 0.235. The van der Waals surface area contributed by atoms with Gasteiger partial charge in [-0.25, -0.2) is 13.4 Å². The normalized spacial score (nSPS) is 15.1. The average Bonchev–Trinajstić information content (AvgIpc) is 3.05. The third-order valence-corrected chi connectivity index (χ3v) is 10.4. The standard InChI is InChI=1S/C34H33ClN6O4S/c1-22(30-20-25-10-8-14-28(35)31(25)34(43)41(30)26-11-5-4-6-12-26)37-33(42)32-23(2)36-21-29(38-32)24-9-7-13-27(19-24)46(44,45)40-17-15-39(3)16-18-40/h4-14,19-22H,15-18H2,1-3H3,(H,37,42)/t22-/m0/s1. The third-order valence-electron chi connectivity index (χ3n) is 8.23. The highest BCUT2D eigenvalue weighted by Crippen LogP contribution is 2.27. The Morgan fingerprint density at radius 3 is 2.41 bits per heavy atom. The monoisotopic (exact) mass is 656 g/mol. The first-order chi connectivity index (χ1) is 22.0. The largest absolute Gasteiger partial charge is 0.343 e. The molecule has 10 nitrogen and oxygen atoms in total. The topological polar surface area (TPSA) is 118 Å². The lowest BCUT2D eigenvalue weighted by Crippen LogP contribution is -2.47. The summed E-state index contributed by atoms with van der Waals surface area (Å²) in [5, 5.41) is 4.38. The van der Waals surface area contributed by atoms with Crippen molar-refractivity contribution in [1.29, 1.82) is 0 Å². The number of likely N-dealkylation sites (N-methyl/N-ethyl adjacent to an activating group) is 1. The molecule has 0 aliphatic carbocycles. The first kappa shape index (κ1) is 31.6. The Kier molecular flexibility index (Phi) is 8.75. The van der Waals surface area contributed by atoms with Crippen molar-refractivity contribution in [2.24, 2.45) is 0 Å². The molecule has 1 atom stereocenters. The molecule has 3 heterocycles. The van der Waals surface area contributed by atoms with Crippen LogP contribution in [-0.4, -0.2) is 71.3 Å². The highest BCUT2D eigenvalue weighted by molar-refractivity contribution is 7.89. The number of para-hydroxylation sites is 1. The molecular formula is C34H33ClN6O4S. The molecule has 1 aliphatic rings. The molecule has 3 aromatic carbocycles. The van der Waals surface area contributed by atoms with Crippen LogP contribution in [0.2, 0.25) is 5.02 Å². The van der Waals surface area contributed by atoms with Crippen LogP contribution < -0.4 is 10.9 Å². The number of nitrogens with one attached hydrogen (secondary N) is 1. The zero-order valence-corrected chi connectivity index (χ0v) is 27.2. The van der Waals surface area contributed by atoms with E-state index in [-0.39, 0.29) is 16.1 Å². The number of hydrogen-bond acceptors (Lipinski definition) is 7. The van der Waals surface area contributed by atoms with Gasteiger partial charge in [0.05, 0.1) is 38.9 Å². The molecule has 12 heteroatoms. The van der Waals surface area contributed by atoms with Gasteiger partial charge in [-0.1, -0.05) is 54.1 Å². The zero-order chi connectivity index (χ0) is 32.6. The number of rotatable bonds is 7. The summed E-state index contributed by atoms with van der Waals surface area (Å²) in [7, 11) is -1.74. The SMILES string of the molecule is Cc1ncc(-c2cccc(S(=O)(=O)N3CCN(C)CC3)c2)nc1C(=O)N[C@@H](C)c1cc2cccc(Cl)c2c(=O)n1-c1ccccc1. The van der Waals surface area contributed by atoms with Gasteiger partial charge in [0, 0.05) is 43.1 Å². The minimum Gasteiger partial charge on any atom is -0.343 e. The minimum absolute atomic E-state index is 0.0918. The second-order valence-electron chi connectivity index (χ2n) is 11.4. The first-order valence-electron chi connectivity index (χ1n) is 14.9. The molecule has 236 valence electrons. The van der Waals surface area contributed by atoms with Gasteiger partial charge in [-0.2, -0.15) is 4.31 Å². The van der Waals surface area contributed by atoms with Gasteiger partial charge >= 0.3 is 0 Å². The van der Waals surface area contributed by atoms with Crippen molar-refractivity contribution in [3.63, 3.8) is 0 Å². The van der Waals surface area contributed by atoms with E-state index in [0.717, 1.165) is 0 Å². The number of amides is 1. The van der Waals surface area contributed by atoms with Crippen LogP contribution in [0.5, 0.6) is 0 Å². The van der Waals surface area contributed by atoms with E-state index >= 15 is 0 Å². The number of aryl methyl sites for hydroxylation is 1. The molecule has 6 rings (SSSR count). The van der Waals surface area contributed by atoms with E-state index in [1.165, 1.54) is 10.5 Å². The highest BCUT2D eigenvalue weighted by Gasteiger charge is 2.28. The second kappa shape index (κ2) is 12.8. The molecule has 46 heavy (non-hydrogen) atoms. The predicted molar refractivity (Wildman–Crippen MR) is 179 cm³/mol. The van der Waals surface area contributed by atoms with E-state index in [1.807, 2.05) is 49.5 Å². The van der Waals surface area contributed by atoms with Crippen molar-refractivity contribution >= 4 is 38.3 Å². The maximum absolute atomic E-state index is 13.8. The summed E-state index contributed by atoms with van der Waals surface area (Å²) >= 11 is 6.44. The minimum atomic E-state index is -3.70. The molecule has 0 saturated carbocycles. The van der Waals surface area contributed by atoms with Crippen LogP contribution in [0.3, 0.4) is 0 Å². The van der Waals surface area contributed by atoms with Gasteiger partial charge in [0.2, 0.25) is 10.0 Å². The molecule has 0 bridgehead atoms. The summed E-state index contributed by atoms with van der Waals surface area (Å²) in [4.78, 5) is 38.8. The van der Waals surface area contributed by atoms with Crippen LogP contribution >= 0.6 is 11.6 Å². The first-order valence-corrected chi connectivity index (χ1v) is 16.7. The maximum atomic E-state index is 13.8. The molecule has 1 aliphatic heterocycles. The molecule has 5 aromatic rings. The Hall–Kier alpha value is -4.42. The number of pyridine rings is 1. The van der Waals surface area contributed by atoms with Crippen LogP contribution in [-0.2, 0) is 10.0 Å². The summed E-state index contributed by atoms with van der Waals surface area (Å²) in [6.45, 7) is 5.63. The van der Waals surface area contributed by atoms with E-state index < -0.39 is 22.0 Å². The Labute approximate surface area is 272 Å². The quantitative estimate of drug-likeness (QED) is 0.267. The number of piperazine rings is 1. The van der Waals surface area contributed by atoms with E-state index in [1.54, 1.807) is 54.8 Å². The van der Waals surface area contributed by atoms with E-state index in [9.17, 15) is 18.0 Å². The summed E-state index contributed by atoms with van der Waals surface area (Å²) in [6.07, 6.45) is 1.53. The van der Waals surface area contributed by atoms with Crippen LogP contribution in [0.25, 0.3) is 27.7 Å². The summed E-state index contributed by atoms with van der Waals surface area (Å²) in [5.74, 6) is -0.487. The van der Waals surface area contributed by atoms with E-state index in [2.05, 4.69) is 20.2 Å². The Balaban J connectivity index is 1.32. The molecule has 1 fully saturated rings. The lowest BCUT2D eigenvalue weighted by Gasteiger charge is -2.31. The smallest absolute Gasteiger partial charge is 0.272 e. The van der Waals surface area contributed by atoms with Gasteiger partial charge in [0.25, 0.3) is 11.5 Å². The molecule has 1 N–H and O–H groups in total. The fourth-order valence-electron chi connectivity index (χ4n) is 5.64. The van der Waals surface area contributed by atoms with Crippen LogP contribution in [0.1, 0.15) is 34.8 Å². The number of carbonyl (C=O) groups is 1. The van der Waals surface area contributed by atoms with E-state index in [0.29, 0.717) is 70.3 Å². The van der Waals surface area contributed by atoms with Gasteiger partial charge in [-0.15, -0.1) is 0 Å². The molecule has 1 amide bonds. The summed E-state index contributed by atoms with van der Waals surface area (Å²) in [6, 6.07) is 22.2. The van der Waals surface area contributed by atoms with Crippen LogP contribution in [0.4, 0.5) is 0 Å². The number of hydrogen-bond donors (Lipinski definition) is 1. The number of nitrogens with zero attached hydrogens (tertiary/aromatic N) is 5. The number of fused-ring (bicyclic) bond motifs is 1. The van der Waals surface area contributed by atoms with Crippen molar-refractivity contribution in [3.05, 3.63) is 118 Å².